The van der Waals surface area contributed by atoms with Gasteiger partial charge in [0.1, 0.15) is 11.5 Å². The standard InChI is InChI=1S/C18H19N3O5S/c1-11(2)26-14-7-4-12(5-8-14)17(22)20-18(27)19-15-10-13(21(23)24)6-9-16(15)25-3/h4-11H,1-3H3,(H2,19,20,22,27). The lowest BCUT2D eigenvalue weighted by atomic mass is 10.2. The number of carbonyl (C=O) groups is 1. The summed E-state index contributed by atoms with van der Waals surface area (Å²) in [5.74, 6) is 0.587. The molecule has 0 aliphatic carbocycles. The van der Waals surface area contributed by atoms with Crippen LogP contribution in [0.1, 0.15) is 24.2 Å². The Bertz CT molecular complexity index is 853. The number of nitro groups is 1. The van der Waals surface area contributed by atoms with Gasteiger partial charge in [0.2, 0.25) is 0 Å². The van der Waals surface area contributed by atoms with E-state index in [0.29, 0.717) is 17.1 Å². The number of thiocarbonyl (C=S) groups is 1. The molecule has 0 saturated carbocycles. The molecule has 0 bridgehead atoms. The van der Waals surface area contributed by atoms with E-state index in [-0.39, 0.29) is 22.6 Å². The molecule has 0 fully saturated rings. The maximum atomic E-state index is 12.3. The Hall–Kier alpha value is -3.20. The molecule has 0 atom stereocenters. The van der Waals surface area contributed by atoms with Gasteiger partial charge in [0, 0.05) is 17.7 Å². The summed E-state index contributed by atoms with van der Waals surface area (Å²) in [5.41, 5.74) is 0.534. The van der Waals surface area contributed by atoms with Gasteiger partial charge in [-0.2, -0.15) is 0 Å². The van der Waals surface area contributed by atoms with Gasteiger partial charge in [0.25, 0.3) is 11.6 Å². The van der Waals surface area contributed by atoms with Gasteiger partial charge in [-0.25, -0.2) is 0 Å². The highest BCUT2D eigenvalue weighted by molar-refractivity contribution is 7.80. The summed E-state index contributed by atoms with van der Waals surface area (Å²) in [6.45, 7) is 3.82. The number of hydrogen-bond donors (Lipinski definition) is 2. The van der Waals surface area contributed by atoms with Crippen molar-refractivity contribution >= 4 is 34.6 Å². The molecule has 0 radical (unpaired) electrons. The Morgan fingerprint density at radius 3 is 2.41 bits per heavy atom. The van der Waals surface area contributed by atoms with E-state index >= 15 is 0 Å². The number of amides is 1. The zero-order chi connectivity index (χ0) is 20.0. The minimum atomic E-state index is -0.535. The lowest BCUT2D eigenvalue weighted by Crippen LogP contribution is -2.34. The molecule has 27 heavy (non-hydrogen) atoms. The van der Waals surface area contributed by atoms with Gasteiger partial charge in [-0.1, -0.05) is 0 Å². The highest BCUT2D eigenvalue weighted by Gasteiger charge is 2.14. The van der Waals surface area contributed by atoms with E-state index in [1.54, 1.807) is 24.3 Å². The molecule has 0 aliphatic rings. The van der Waals surface area contributed by atoms with Gasteiger partial charge in [0.05, 0.1) is 23.8 Å². The van der Waals surface area contributed by atoms with Crippen LogP contribution < -0.4 is 20.1 Å². The summed E-state index contributed by atoms with van der Waals surface area (Å²) in [4.78, 5) is 22.7. The Balaban J connectivity index is 2.06. The van der Waals surface area contributed by atoms with Crippen molar-refractivity contribution in [3.8, 4) is 11.5 Å². The van der Waals surface area contributed by atoms with Crippen LogP contribution in [-0.2, 0) is 0 Å². The number of nitrogens with one attached hydrogen (secondary N) is 2. The lowest BCUT2D eigenvalue weighted by Gasteiger charge is -2.13. The fraction of sp³-hybridized carbons (Fsp3) is 0.222. The summed E-state index contributed by atoms with van der Waals surface area (Å²) in [5, 5.41) is 16.2. The molecule has 2 rings (SSSR count). The molecule has 0 heterocycles. The average molecular weight is 389 g/mol. The van der Waals surface area contributed by atoms with Crippen LogP contribution in [0, 0.1) is 10.1 Å². The van der Waals surface area contributed by atoms with Crippen molar-refractivity contribution in [3.05, 3.63) is 58.1 Å². The summed E-state index contributed by atoms with van der Waals surface area (Å²) in [6, 6.07) is 10.6. The third kappa shape index (κ3) is 5.65. The first kappa shape index (κ1) is 20.1. The number of non-ortho nitro benzene ring substituents is 1. The van der Waals surface area contributed by atoms with Crippen molar-refractivity contribution in [2.75, 3.05) is 12.4 Å². The molecular weight excluding hydrogens is 370 g/mol. The van der Waals surface area contributed by atoms with Gasteiger partial charge in [-0.15, -0.1) is 0 Å². The molecule has 2 aromatic carbocycles. The molecule has 0 saturated heterocycles. The van der Waals surface area contributed by atoms with Crippen LogP contribution >= 0.6 is 12.2 Å². The Labute approximate surface area is 161 Å². The average Bonchev–Trinajstić information content (AvgIpc) is 2.61. The van der Waals surface area contributed by atoms with Crippen molar-refractivity contribution in [2.24, 2.45) is 0 Å². The first-order valence-corrected chi connectivity index (χ1v) is 8.42. The number of nitrogens with zero attached hydrogens (tertiary/aromatic N) is 1. The quantitative estimate of drug-likeness (QED) is 0.443. The van der Waals surface area contributed by atoms with Crippen molar-refractivity contribution < 1.29 is 19.2 Å². The monoisotopic (exact) mass is 389 g/mol. The molecule has 1 amide bonds. The molecule has 0 aromatic heterocycles. The summed E-state index contributed by atoms with van der Waals surface area (Å²) in [6.07, 6.45) is 0.0337. The molecular formula is C18H19N3O5S. The van der Waals surface area contributed by atoms with Gasteiger partial charge in [-0.3, -0.25) is 20.2 Å². The van der Waals surface area contributed by atoms with Gasteiger partial charge < -0.3 is 14.8 Å². The topological polar surface area (TPSA) is 103 Å². The Kier molecular flexibility index (Phi) is 6.67. The normalized spacial score (nSPS) is 10.2. The number of carbonyl (C=O) groups excluding carboxylic acids is 1. The van der Waals surface area contributed by atoms with E-state index in [0.717, 1.165) is 0 Å². The fourth-order valence-electron chi connectivity index (χ4n) is 2.19. The number of rotatable bonds is 6. The molecule has 2 N–H and O–H groups in total. The second-order valence-electron chi connectivity index (χ2n) is 5.74. The van der Waals surface area contributed by atoms with E-state index in [2.05, 4.69) is 10.6 Å². The van der Waals surface area contributed by atoms with Crippen LogP contribution in [0.5, 0.6) is 11.5 Å². The van der Waals surface area contributed by atoms with Crippen LogP contribution in [0.25, 0.3) is 0 Å². The van der Waals surface area contributed by atoms with E-state index in [4.69, 9.17) is 21.7 Å². The lowest BCUT2D eigenvalue weighted by molar-refractivity contribution is -0.384. The second kappa shape index (κ2) is 8.95. The van der Waals surface area contributed by atoms with Gasteiger partial charge in [-0.05, 0) is 56.4 Å². The van der Waals surface area contributed by atoms with E-state index in [9.17, 15) is 14.9 Å². The Morgan fingerprint density at radius 1 is 1.19 bits per heavy atom. The Morgan fingerprint density at radius 2 is 1.85 bits per heavy atom. The minimum Gasteiger partial charge on any atom is -0.495 e. The molecule has 142 valence electrons. The van der Waals surface area contributed by atoms with Crippen molar-refractivity contribution in [3.63, 3.8) is 0 Å². The molecule has 2 aromatic rings. The second-order valence-corrected chi connectivity index (χ2v) is 6.15. The first-order valence-electron chi connectivity index (χ1n) is 8.01. The summed E-state index contributed by atoms with van der Waals surface area (Å²) >= 11 is 5.12. The largest absolute Gasteiger partial charge is 0.495 e. The predicted molar refractivity (Wildman–Crippen MR) is 106 cm³/mol. The summed E-state index contributed by atoms with van der Waals surface area (Å²) in [7, 11) is 1.43. The van der Waals surface area contributed by atoms with Crippen LogP contribution in [-0.4, -0.2) is 29.2 Å². The highest BCUT2D eigenvalue weighted by Crippen LogP contribution is 2.28. The molecule has 9 heteroatoms. The first-order chi connectivity index (χ1) is 12.8. The molecule has 8 nitrogen and oxygen atoms in total. The third-order valence-electron chi connectivity index (χ3n) is 3.36. The fourth-order valence-corrected chi connectivity index (χ4v) is 2.40. The van der Waals surface area contributed by atoms with Crippen LogP contribution in [0.4, 0.5) is 11.4 Å². The SMILES string of the molecule is COc1ccc([N+](=O)[O-])cc1NC(=S)NC(=O)c1ccc(OC(C)C)cc1. The number of benzene rings is 2. The molecule has 0 unspecified atom stereocenters. The summed E-state index contributed by atoms with van der Waals surface area (Å²) < 4.78 is 10.7. The number of ether oxygens (including phenoxy) is 2. The number of anilines is 1. The van der Waals surface area contributed by atoms with Gasteiger partial charge >= 0.3 is 0 Å². The van der Waals surface area contributed by atoms with E-state index in [1.807, 2.05) is 13.8 Å². The van der Waals surface area contributed by atoms with Crippen LogP contribution in [0.2, 0.25) is 0 Å². The minimum absolute atomic E-state index is 0.0127. The maximum Gasteiger partial charge on any atom is 0.271 e. The van der Waals surface area contributed by atoms with E-state index < -0.39 is 10.8 Å². The zero-order valence-corrected chi connectivity index (χ0v) is 15.8. The third-order valence-corrected chi connectivity index (χ3v) is 3.56. The number of methoxy groups -OCH3 is 1. The van der Waals surface area contributed by atoms with Crippen molar-refractivity contribution in [1.29, 1.82) is 0 Å². The van der Waals surface area contributed by atoms with Crippen LogP contribution in [0.3, 0.4) is 0 Å². The van der Waals surface area contributed by atoms with E-state index in [1.165, 1.54) is 25.3 Å². The molecule has 0 aliphatic heterocycles. The predicted octanol–water partition coefficient (Wildman–Crippen LogP) is 3.52. The van der Waals surface area contributed by atoms with Crippen molar-refractivity contribution in [2.45, 2.75) is 20.0 Å². The smallest absolute Gasteiger partial charge is 0.271 e. The van der Waals surface area contributed by atoms with Gasteiger partial charge in [0.15, 0.2) is 5.11 Å². The zero-order valence-electron chi connectivity index (χ0n) is 15.0. The maximum absolute atomic E-state index is 12.3. The number of nitro benzene ring substituents is 1. The molecule has 0 spiro atoms. The van der Waals surface area contributed by atoms with Crippen LogP contribution in [0.15, 0.2) is 42.5 Å². The highest BCUT2D eigenvalue weighted by atomic mass is 32.1. The number of hydrogen-bond acceptors (Lipinski definition) is 6. The van der Waals surface area contributed by atoms with Crippen molar-refractivity contribution in [1.82, 2.24) is 5.32 Å².